The molecule has 0 radical (unpaired) electrons. The average molecular weight is 274 g/mol. The lowest BCUT2D eigenvalue weighted by Crippen LogP contribution is -2.47. The monoisotopic (exact) mass is 274 g/mol. The number of carbonyl (C=O) groups excluding carboxylic acids is 2. The predicted molar refractivity (Wildman–Crippen MR) is 68.7 cm³/mol. The van der Waals surface area contributed by atoms with Crippen LogP contribution in [0.4, 0.5) is 4.79 Å². The summed E-state index contributed by atoms with van der Waals surface area (Å²) in [6.07, 6.45) is 0.339. The number of ether oxygens (including phenoxy) is 1. The Morgan fingerprint density at radius 2 is 1.84 bits per heavy atom. The van der Waals surface area contributed by atoms with Crippen LogP contribution in [0.3, 0.4) is 0 Å². The molecule has 7 nitrogen and oxygen atoms in total. The van der Waals surface area contributed by atoms with Crippen LogP contribution < -0.4 is 5.32 Å². The molecule has 110 valence electrons. The predicted octanol–water partition coefficient (Wildman–Crippen LogP) is 0.690. The van der Waals surface area contributed by atoms with Crippen LogP contribution in [-0.2, 0) is 14.3 Å². The van der Waals surface area contributed by atoms with Gasteiger partial charge in [0.25, 0.3) is 0 Å². The Labute approximate surface area is 112 Å². The van der Waals surface area contributed by atoms with Gasteiger partial charge in [0.1, 0.15) is 6.54 Å². The van der Waals surface area contributed by atoms with E-state index in [1.54, 1.807) is 20.8 Å². The molecular formula is C12H22N2O5. The van der Waals surface area contributed by atoms with Crippen LogP contribution in [0.15, 0.2) is 0 Å². The number of esters is 1. The first kappa shape index (κ1) is 17.2. The van der Waals surface area contributed by atoms with Gasteiger partial charge in [-0.1, -0.05) is 6.92 Å². The molecule has 0 aliphatic carbocycles. The summed E-state index contributed by atoms with van der Waals surface area (Å²) in [5.74, 6) is -1.92. The molecule has 0 aliphatic heterocycles. The van der Waals surface area contributed by atoms with E-state index in [4.69, 9.17) is 5.11 Å². The van der Waals surface area contributed by atoms with Gasteiger partial charge in [-0.05, 0) is 20.3 Å². The lowest BCUT2D eigenvalue weighted by Gasteiger charge is -2.25. The fraction of sp³-hybridized carbons (Fsp3) is 0.750. The number of hydrogen-bond donors (Lipinski definition) is 2. The van der Waals surface area contributed by atoms with E-state index >= 15 is 0 Å². The van der Waals surface area contributed by atoms with Crippen molar-refractivity contribution in [1.29, 1.82) is 0 Å². The molecule has 1 atom stereocenters. The Morgan fingerprint density at radius 1 is 1.26 bits per heavy atom. The van der Waals surface area contributed by atoms with Gasteiger partial charge in [0.2, 0.25) is 0 Å². The molecule has 0 rings (SSSR count). The number of methoxy groups -OCH3 is 1. The number of carboxylic acids is 1. The first-order valence-corrected chi connectivity index (χ1v) is 6.13. The molecule has 0 fully saturated rings. The third-order valence-electron chi connectivity index (χ3n) is 2.69. The number of carbonyl (C=O) groups is 3. The second-order valence-corrected chi connectivity index (χ2v) is 4.56. The molecule has 0 saturated carbocycles. The van der Waals surface area contributed by atoms with Gasteiger partial charge in [-0.15, -0.1) is 0 Å². The number of carboxylic acid groups (broad SMARTS) is 1. The van der Waals surface area contributed by atoms with E-state index in [0.29, 0.717) is 6.42 Å². The Morgan fingerprint density at radius 3 is 2.26 bits per heavy atom. The van der Waals surface area contributed by atoms with Gasteiger partial charge in [0, 0.05) is 12.6 Å². The maximum absolute atomic E-state index is 11.8. The van der Waals surface area contributed by atoms with Crippen molar-refractivity contribution in [3.8, 4) is 0 Å². The second kappa shape index (κ2) is 8.34. The van der Waals surface area contributed by atoms with Crippen molar-refractivity contribution in [2.45, 2.75) is 33.2 Å². The van der Waals surface area contributed by atoms with Gasteiger partial charge in [-0.2, -0.15) is 0 Å². The highest BCUT2D eigenvalue weighted by atomic mass is 16.5. The number of rotatable bonds is 7. The van der Waals surface area contributed by atoms with Crippen molar-refractivity contribution in [2.24, 2.45) is 5.92 Å². The van der Waals surface area contributed by atoms with Crippen LogP contribution in [-0.4, -0.2) is 54.2 Å². The number of nitrogens with zero attached hydrogens (tertiary/aromatic N) is 1. The zero-order chi connectivity index (χ0) is 15.0. The van der Waals surface area contributed by atoms with Crippen LogP contribution in [0.2, 0.25) is 0 Å². The van der Waals surface area contributed by atoms with Gasteiger partial charge in [0.15, 0.2) is 0 Å². The summed E-state index contributed by atoms with van der Waals surface area (Å²) < 4.78 is 4.52. The molecular weight excluding hydrogens is 252 g/mol. The molecule has 0 aromatic heterocycles. The van der Waals surface area contributed by atoms with Crippen molar-refractivity contribution < 1.29 is 24.2 Å². The summed E-state index contributed by atoms with van der Waals surface area (Å²) in [5.41, 5.74) is 0. The molecule has 19 heavy (non-hydrogen) atoms. The van der Waals surface area contributed by atoms with Crippen LogP contribution in [0, 0.1) is 5.92 Å². The van der Waals surface area contributed by atoms with Gasteiger partial charge >= 0.3 is 18.0 Å². The topological polar surface area (TPSA) is 95.9 Å². The molecule has 1 unspecified atom stereocenters. The maximum Gasteiger partial charge on any atom is 0.325 e. The van der Waals surface area contributed by atoms with Crippen molar-refractivity contribution >= 4 is 18.0 Å². The van der Waals surface area contributed by atoms with Crippen molar-refractivity contribution in [3.05, 3.63) is 0 Å². The molecule has 0 aromatic carbocycles. The van der Waals surface area contributed by atoms with Crippen molar-refractivity contribution in [2.75, 3.05) is 20.2 Å². The normalized spacial score (nSPS) is 11.8. The van der Waals surface area contributed by atoms with E-state index in [2.05, 4.69) is 10.1 Å². The van der Waals surface area contributed by atoms with E-state index in [-0.39, 0.29) is 19.1 Å². The molecule has 0 saturated heterocycles. The largest absolute Gasteiger partial charge is 0.481 e. The van der Waals surface area contributed by atoms with Crippen LogP contribution in [0.1, 0.15) is 27.2 Å². The zero-order valence-electron chi connectivity index (χ0n) is 11.8. The maximum atomic E-state index is 11.8. The number of urea groups is 1. The van der Waals surface area contributed by atoms with Gasteiger partial charge in [-0.3, -0.25) is 9.59 Å². The van der Waals surface area contributed by atoms with Crippen LogP contribution in [0.25, 0.3) is 0 Å². The fourth-order valence-corrected chi connectivity index (χ4v) is 1.31. The summed E-state index contributed by atoms with van der Waals surface area (Å²) in [7, 11) is 1.26. The molecule has 0 bridgehead atoms. The Bertz CT molecular complexity index is 330. The van der Waals surface area contributed by atoms with Gasteiger partial charge in [0.05, 0.1) is 13.0 Å². The van der Waals surface area contributed by atoms with Gasteiger partial charge < -0.3 is 20.1 Å². The number of aliphatic carboxylic acids is 1. The van der Waals surface area contributed by atoms with Crippen molar-refractivity contribution in [1.82, 2.24) is 10.2 Å². The standard InChI is InChI=1S/C12H22N2O5/c1-8(2)14(7-10(15)19-4)12(18)13-6-5-9(3)11(16)17/h8-9H,5-7H2,1-4H3,(H,13,18)(H,16,17). The molecule has 0 aliphatic rings. The minimum Gasteiger partial charge on any atom is -0.481 e. The average Bonchev–Trinajstić information content (AvgIpc) is 2.34. The van der Waals surface area contributed by atoms with E-state index in [1.807, 2.05) is 0 Å². The molecule has 2 amide bonds. The van der Waals surface area contributed by atoms with Crippen molar-refractivity contribution in [3.63, 3.8) is 0 Å². The highest BCUT2D eigenvalue weighted by Crippen LogP contribution is 2.02. The Kier molecular flexibility index (Phi) is 7.55. The van der Waals surface area contributed by atoms with Crippen LogP contribution >= 0.6 is 0 Å². The molecule has 7 heteroatoms. The van der Waals surface area contributed by atoms with Crippen LogP contribution in [0.5, 0.6) is 0 Å². The molecule has 0 aromatic rings. The summed E-state index contributed by atoms with van der Waals surface area (Å²) >= 11 is 0. The Hall–Kier alpha value is -1.79. The smallest absolute Gasteiger partial charge is 0.325 e. The molecule has 0 heterocycles. The minimum absolute atomic E-state index is 0.130. The quantitative estimate of drug-likeness (QED) is 0.666. The first-order valence-electron chi connectivity index (χ1n) is 6.13. The zero-order valence-corrected chi connectivity index (χ0v) is 11.8. The lowest BCUT2D eigenvalue weighted by molar-refractivity contribution is -0.142. The summed E-state index contributed by atoms with van der Waals surface area (Å²) in [4.78, 5) is 35.0. The first-order chi connectivity index (χ1) is 8.79. The summed E-state index contributed by atoms with van der Waals surface area (Å²) in [5, 5.41) is 11.3. The highest BCUT2D eigenvalue weighted by Gasteiger charge is 2.20. The van der Waals surface area contributed by atoms with E-state index in [9.17, 15) is 14.4 Å². The number of hydrogen-bond acceptors (Lipinski definition) is 4. The van der Waals surface area contributed by atoms with E-state index in [0.717, 1.165) is 0 Å². The SMILES string of the molecule is COC(=O)CN(C(=O)NCCC(C)C(=O)O)C(C)C. The fourth-order valence-electron chi connectivity index (χ4n) is 1.31. The minimum atomic E-state index is -0.899. The number of nitrogens with one attached hydrogen (secondary N) is 1. The summed E-state index contributed by atoms with van der Waals surface area (Å²) in [6, 6.07) is -0.561. The third-order valence-corrected chi connectivity index (χ3v) is 2.69. The van der Waals surface area contributed by atoms with E-state index < -0.39 is 23.9 Å². The van der Waals surface area contributed by atoms with E-state index in [1.165, 1.54) is 12.0 Å². The lowest BCUT2D eigenvalue weighted by atomic mass is 10.1. The highest BCUT2D eigenvalue weighted by molar-refractivity contribution is 5.81. The summed E-state index contributed by atoms with van der Waals surface area (Å²) in [6.45, 7) is 5.25. The number of amides is 2. The molecule has 2 N–H and O–H groups in total. The van der Waals surface area contributed by atoms with Gasteiger partial charge in [-0.25, -0.2) is 4.79 Å². The Balaban J connectivity index is 4.26. The molecule has 0 spiro atoms. The second-order valence-electron chi connectivity index (χ2n) is 4.56. The third kappa shape index (κ3) is 6.64.